The number of ether oxygens (including phenoxy) is 1. The summed E-state index contributed by atoms with van der Waals surface area (Å²) in [4.78, 5) is 14.1. The number of para-hydroxylation sites is 1. The van der Waals surface area contributed by atoms with Gasteiger partial charge in [-0.25, -0.2) is 0 Å². The molecule has 4 heteroatoms. The zero-order valence-electron chi connectivity index (χ0n) is 12.7. The van der Waals surface area contributed by atoms with Gasteiger partial charge in [-0.3, -0.25) is 4.79 Å². The lowest BCUT2D eigenvalue weighted by atomic mass is 10.1. The number of likely N-dealkylation sites (N-methyl/N-ethyl adjacent to an activating group) is 1. The second kappa shape index (κ2) is 6.62. The molecule has 3 rings (SSSR count). The van der Waals surface area contributed by atoms with E-state index in [1.54, 1.807) is 4.90 Å². The maximum atomic E-state index is 12.4. The third-order valence-electron chi connectivity index (χ3n) is 3.87. The third-order valence-corrected chi connectivity index (χ3v) is 3.87. The Morgan fingerprint density at radius 2 is 1.91 bits per heavy atom. The topological polar surface area (TPSA) is 41.6 Å². The van der Waals surface area contributed by atoms with Crippen molar-refractivity contribution in [2.24, 2.45) is 0 Å². The number of nitrogens with zero attached hydrogens (tertiary/aromatic N) is 1. The van der Waals surface area contributed by atoms with E-state index in [4.69, 9.17) is 4.74 Å². The van der Waals surface area contributed by atoms with E-state index < -0.39 is 0 Å². The normalized spacial score (nSPS) is 12.8. The zero-order valence-corrected chi connectivity index (χ0v) is 12.7. The van der Waals surface area contributed by atoms with E-state index in [-0.39, 0.29) is 5.91 Å². The first-order valence-electron chi connectivity index (χ1n) is 7.50. The predicted molar refractivity (Wildman–Crippen MR) is 85.9 cm³/mol. The molecule has 1 amide bonds. The summed E-state index contributed by atoms with van der Waals surface area (Å²) in [5.41, 5.74) is 3.25. The Morgan fingerprint density at radius 3 is 2.73 bits per heavy atom. The van der Waals surface area contributed by atoms with Crippen LogP contribution in [0.15, 0.2) is 48.5 Å². The molecule has 0 fully saturated rings. The van der Waals surface area contributed by atoms with E-state index >= 15 is 0 Å². The van der Waals surface area contributed by atoms with Gasteiger partial charge in [0.05, 0.1) is 6.54 Å². The summed E-state index contributed by atoms with van der Waals surface area (Å²) in [5.74, 6) is 0.860. The van der Waals surface area contributed by atoms with Crippen molar-refractivity contribution in [1.82, 2.24) is 10.2 Å². The number of fused-ring (bicyclic) bond motifs is 1. The highest BCUT2D eigenvalue weighted by molar-refractivity contribution is 5.94. The van der Waals surface area contributed by atoms with Crippen molar-refractivity contribution in [3.8, 4) is 5.75 Å². The SMILES string of the molecule is CN(CCOc1ccccc1)C(=O)c1ccc2c(c1)CNC2. The first-order chi connectivity index (χ1) is 10.7. The molecule has 0 spiro atoms. The van der Waals surface area contributed by atoms with Crippen LogP contribution < -0.4 is 10.1 Å². The van der Waals surface area contributed by atoms with Gasteiger partial charge in [-0.2, -0.15) is 0 Å². The van der Waals surface area contributed by atoms with Gasteiger partial charge in [-0.15, -0.1) is 0 Å². The van der Waals surface area contributed by atoms with E-state index in [9.17, 15) is 4.79 Å². The lowest BCUT2D eigenvalue weighted by molar-refractivity contribution is 0.0773. The van der Waals surface area contributed by atoms with Crippen LogP contribution >= 0.6 is 0 Å². The van der Waals surface area contributed by atoms with Gasteiger partial charge in [0.15, 0.2) is 0 Å². The molecular formula is C18H20N2O2. The van der Waals surface area contributed by atoms with Crippen molar-refractivity contribution in [2.75, 3.05) is 20.2 Å². The van der Waals surface area contributed by atoms with E-state index in [0.29, 0.717) is 13.2 Å². The van der Waals surface area contributed by atoms with Crippen molar-refractivity contribution >= 4 is 5.91 Å². The summed E-state index contributed by atoms with van der Waals surface area (Å²) in [6, 6.07) is 15.6. The number of rotatable bonds is 5. The fourth-order valence-corrected chi connectivity index (χ4v) is 2.57. The second-order valence-corrected chi connectivity index (χ2v) is 5.48. The van der Waals surface area contributed by atoms with Crippen LogP contribution in [0.4, 0.5) is 0 Å². The van der Waals surface area contributed by atoms with E-state index in [0.717, 1.165) is 24.4 Å². The number of carbonyl (C=O) groups is 1. The highest BCUT2D eigenvalue weighted by atomic mass is 16.5. The van der Waals surface area contributed by atoms with Crippen molar-refractivity contribution < 1.29 is 9.53 Å². The number of amides is 1. The number of nitrogens with one attached hydrogen (secondary N) is 1. The molecule has 2 aromatic rings. The summed E-state index contributed by atoms with van der Waals surface area (Å²) in [6.07, 6.45) is 0. The Balaban J connectivity index is 1.55. The molecular weight excluding hydrogens is 276 g/mol. The average Bonchev–Trinajstić information content (AvgIpc) is 3.02. The molecule has 0 radical (unpaired) electrons. The maximum Gasteiger partial charge on any atom is 0.253 e. The largest absolute Gasteiger partial charge is 0.492 e. The molecule has 1 heterocycles. The molecule has 1 aliphatic heterocycles. The average molecular weight is 296 g/mol. The second-order valence-electron chi connectivity index (χ2n) is 5.48. The Kier molecular flexibility index (Phi) is 4.39. The van der Waals surface area contributed by atoms with Gasteiger partial charge in [-0.05, 0) is 35.4 Å². The van der Waals surface area contributed by atoms with Gasteiger partial charge in [0.2, 0.25) is 0 Å². The van der Waals surface area contributed by atoms with Gasteiger partial charge >= 0.3 is 0 Å². The first kappa shape index (κ1) is 14.6. The van der Waals surface area contributed by atoms with E-state index in [1.165, 1.54) is 11.1 Å². The van der Waals surface area contributed by atoms with Crippen LogP contribution in [0, 0.1) is 0 Å². The molecule has 1 aliphatic rings. The van der Waals surface area contributed by atoms with Crippen LogP contribution in [-0.2, 0) is 13.1 Å². The molecule has 22 heavy (non-hydrogen) atoms. The molecule has 0 saturated heterocycles. The summed E-state index contributed by atoms with van der Waals surface area (Å²) in [7, 11) is 1.81. The lowest BCUT2D eigenvalue weighted by Gasteiger charge is -2.18. The van der Waals surface area contributed by atoms with Gasteiger partial charge in [0.25, 0.3) is 5.91 Å². The fraction of sp³-hybridized carbons (Fsp3) is 0.278. The quantitative estimate of drug-likeness (QED) is 0.921. The number of hydrogen-bond acceptors (Lipinski definition) is 3. The van der Waals surface area contributed by atoms with Crippen molar-refractivity contribution in [3.05, 3.63) is 65.2 Å². The van der Waals surface area contributed by atoms with Crippen molar-refractivity contribution in [2.45, 2.75) is 13.1 Å². The van der Waals surface area contributed by atoms with Crippen LogP contribution in [0.3, 0.4) is 0 Å². The predicted octanol–water partition coefficient (Wildman–Crippen LogP) is 2.44. The van der Waals surface area contributed by atoms with Crippen LogP contribution in [0.25, 0.3) is 0 Å². The van der Waals surface area contributed by atoms with Gasteiger partial charge in [0.1, 0.15) is 12.4 Å². The Bertz CT molecular complexity index is 655. The van der Waals surface area contributed by atoms with Gasteiger partial charge < -0.3 is 15.0 Å². The van der Waals surface area contributed by atoms with E-state index in [2.05, 4.69) is 5.32 Å². The standard InChI is InChI=1S/C18H20N2O2/c1-20(9-10-22-17-5-3-2-4-6-17)18(21)14-7-8-15-12-19-13-16(15)11-14/h2-8,11,19H,9-10,12-13H2,1H3. The number of hydrogen-bond donors (Lipinski definition) is 1. The van der Waals surface area contributed by atoms with Crippen LogP contribution in [0.2, 0.25) is 0 Å². The maximum absolute atomic E-state index is 12.4. The molecule has 0 bridgehead atoms. The minimum Gasteiger partial charge on any atom is -0.492 e. The molecule has 0 saturated carbocycles. The Morgan fingerprint density at radius 1 is 1.14 bits per heavy atom. The highest BCUT2D eigenvalue weighted by Crippen LogP contribution is 2.18. The van der Waals surface area contributed by atoms with Crippen LogP contribution in [0.5, 0.6) is 5.75 Å². The van der Waals surface area contributed by atoms with Crippen molar-refractivity contribution in [1.29, 1.82) is 0 Å². The third kappa shape index (κ3) is 3.28. The number of carbonyl (C=O) groups excluding carboxylic acids is 1. The Hall–Kier alpha value is -2.33. The Labute approximate surface area is 130 Å². The lowest BCUT2D eigenvalue weighted by Crippen LogP contribution is -2.30. The molecule has 0 aromatic heterocycles. The summed E-state index contributed by atoms with van der Waals surface area (Å²) < 4.78 is 5.63. The summed E-state index contributed by atoms with van der Waals surface area (Å²) >= 11 is 0. The summed E-state index contributed by atoms with van der Waals surface area (Å²) in [5, 5.41) is 3.29. The monoisotopic (exact) mass is 296 g/mol. The van der Waals surface area contributed by atoms with Crippen LogP contribution in [-0.4, -0.2) is 31.0 Å². The van der Waals surface area contributed by atoms with E-state index in [1.807, 2.05) is 55.6 Å². The molecule has 0 atom stereocenters. The number of benzene rings is 2. The van der Waals surface area contributed by atoms with Crippen molar-refractivity contribution in [3.63, 3.8) is 0 Å². The zero-order chi connectivity index (χ0) is 15.4. The summed E-state index contributed by atoms with van der Waals surface area (Å²) in [6.45, 7) is 2.78. The molecule has 114 valence electrons. The molecule has 1 N–H and O–H groups in total. The van der Waals surface area contributed by atoms with Gasteiger partial charge in [-0.1, -0.05) is 24.3 Å². The molecule has 4 nitrogen and oxygen atoms in total. The first-order valence-corrected chi connectivity index (χ1v) is 7.50. The minimum absolute atomic E-state index is 0.0337. The molecule has 0 aliphatic carbocycles. The molecule has 2 aromatic carbocycles. The van der Waals surface area contributed by atoms with Gasteiger partial charge in [0, 0.05) is 25.7 Å². The smallest absolute Gasteiger partial charge is 0.253 e. The fourth-order valence-electron chi connectivity index (χ4n) is 2.57. The van der Waals surface area contributed by atoms with Crippen LogP contribution in [0.1, 0.15) is 21.5 Å². The minimum atomic E-state index is 0.0337. The molecule has 0 unspecified atom stereocenters. The highest BCUT2D eigenvalue weighted by Gasteiger charge is 2.16.